The van der Waals surface area contributed by atoms with Crippen LogP contribution in [0.2, 0.25) is 0 Å². The molecule has 0 aliphatic heterocycles. The molecule has 0 fully saturated rings. The van der Waals surface area contributed by atoms with E-state index in [1.165, 1.54) is 17.8 Å². The zero-order valence-corrected chi connectivity index (χ0v) is 12.9. The SMILES string of the molecule is N#Cc1c(SCCc2cccc(C(F)(F)F)c2)n[nH]c1Br. The Morgan fingerprint density at radius 3 is 2.81 bits per heavy atom. The van der Waals surface area contributed by atoms with Crippen molar-refractivity contribution in [2.24, 2.45) is 0 Å². The van der Waals surface area contributed by atoms with Crippen molar-refractivity contribution in [3.05, 3.63) is 45.6 Å². The second-order valence-electron chi connectivity index (χ2n) is 4.13. The van der Waals surface area contributed by atoms with Crippen LogP contribution in [0.4, 0.5) is 13.2 Å². The van der Waals surface area contributed by atoms with E-state index in [2.05, 4.69) is 26.1 Å². The van der Waals surface area contributed by atoms with E-state index in [-0.39, 0.29) is 0 Å². The molecule has 0 atom stereocenters. The molecule has 0 aliphatic rings. The van der Waals surface area contributed by atoms with Crippen molar-refractivity contribution < 1.29 is 13.2 Å². The Morgan fingerprint density at radius 2 is 2.14 bits per heavy atom. The van der Waals surface area contributed by atoms with Crippen LogP contribution in [0.25, 0.3) is 0 Å². The standard InChI is InChI=1S/C13H9BrF3N3S/c14-11-10(7-18)12(20-19-11)21-5-4-8-2-1-3-9(6-8)13(15,16)17/h1-3,6H,4-5H2,(H,19,20). The van der Waals surface area contributed by atoms with Crippen LogP contribution in [0.1, 0.15) is 16.7 Å². The summed E-state index contributed by atoms with van der Waals surface area (Å²) in [7, 11) is 0. The minimum atomic E-state index is -4.33. The lowest BCUT2D eigenvalue weighted by molar-refractivity contribution is -0.137. The lowest BCUT2D eigenvalue weighted by Gasteiger charge is -2.08. The van der Waals surface area contributed by atoms with Gasteiger partial charge < -0.3 is 0 Å². The predicted molar refractivity (Wildman–Crippen MR) is 76.9 cm³/mol. The molecule has 3 nitrogen and oxygen atoms in total. The van der Waals surface area contributed by atoms with Gasteiger partial charge >= 0.3 is 6.18 Å². The van der Waals surface area contributed by atoms with Crippen molar-refractivity contribution in [3.8, 4) is 6.07 Å². The number of hydrogen-bond acceptors (Lipinski definition) is 3. The second kappa shape index (κ2) is 6.54. The summed E-state index contributed by atoms with van der Waals surface area (Å²) in [5, 5.41) is 16.1. The number of halogens is 4. The number of rotatable bonds is 4. The van der Waals surface area contributed by atoms with Crippen LogP contribution in [0.3, 0.4) is 0 Å². The van der Waals surface area contributed by atoms with Gasteiger partial charge in [0.2, 0.25) is 0 Å². The first-order chi connectivity index (χ1) is 9.91. The first-order valence-corrected chi connectivity index (χ1v) is 7.62. The van der Waals surface area contributed by atoms with Crippen LogP contribution in [0, 0.1) is 11.3 Å². The first-order valence-electron chi connectivity index (χ1n) is 5.84. The van der Waals surface area contributed by atoms with Gasteiger partial charge in [-0.05, 0) is 34.0 Å². The molecule has 2 aromatic rings. The number of alkyl halides is 3. The lowest BCUT2D eigenvalue weighted by Crippen LogP contribution is -2.05. The summed E-state index contributed by atoms with van der Waals surface area (Å²) in [6, 6.07) is 7.26. The average Bonchev–Trinajstić information content (AvgIpc) is 2.78. The van der Waals surface area contributed by atoms with E-state index in [0.717, 1.165) is 12.1 Å². The van der Waals surface area contributed by atoms with Crippen LogP contribution in [-0.2, 0) is 12.6 Å². The Labute approximate surface area is 131 Å². The Kier molecular flexibility index (Phi) is 4.96. The normalized spacial score (nSPS) is 11.4. The molecule has 0 unspecified atom stereocenters. The predicted octanol–water partition coefficient (Wildman–Crippen LogP) is 4.40. The van der Waals surface area contributed by atoms with Gasteiger partial charge in [0.1, 0.15) is 21.3 Å². The molecular formula is C13H9BrF3N3S. The maximum atomic E-state index is 12.6. The second-order valence-corrected chi connectivity index (χ2v) is 6.00. The maximum absolute atomic E-state index is 12.6. The van der Waals surface area contributed by atoms with Crippen LogP contribution in [0.5, 0.6) is 0 Å². The van der Waals surface area contributed by atoms with Crippen molar-refractivity contribution in [3.63, 3.8) is 0 Å². The summed E-state index contributed by atoms with van der Waals surface area (Å²) in [4.78, 5) is 0. The highest BCUT2D eigenvalue weighted by molar-refractivity contribution is 9.10. The lowest BCUT2D eigenvalue weighted by atomic mass is 10.1. The minimum absolute atomic E-state index is 0.407. The van der Waals surface area contributed by atoms with E-state index >= 15 is 0 Å². The van der Waals surface area contributed by atoms with Gasteiger partial charge in [-0.3, -0.25) is 5.10 Å². The average molecular weight is 376 g/mol. The highest BCUT2D eigenvalue weighted by Crippen LogP contribution is 2.30. The van der Waals surface area contributed by atoms with Crippen molar-refractivity contribution in [2.75, 3.05) is 5.75 Å². The van der Waals surface area contributed by atoms with Crippen molar-refractivity contribution in [1.82, 2.24) is 10.2 Å². The Bertz CT molecular complexity index is 676. The van der Waals surface area contributed by atoms with Crippen molar-refractivity contribution >= 4 is 27.7 Å². The zero-order chi connectivity index (χ0) is 15.5. The molecule has 2 rings (SSSR count). The molecule has 0 bridgehead atoms. The number of aromatic nitrogens is 2. The largest absolute Gasteiger partial charge is 0.416 e. The number of nitrogens with zero attached hydrogens (tertiary/aromatic N) is 2. The quantitative estimate of drug-likeness (QED) is 0.805. The van der Waals surface area contributed by atoms with Gasteiger partial charge in [0, 0.05) is 5.75 Å². The van der Waals surface area contributed by atoms with Gasteiger partial charge in [-0.15, -0.1) is 11.8 Å². The Balaban J connectivity index is 1.99. The molecule has 1 heterocycles. The fourth-order valence-electron chi connectivity index (χ4n) is 1.68. The molecule has 0 radical (unpaired) electrons. The van der Waals surface area contributed by atoms with Crippen molar-refractivity contribution in [1.29, 1.82) is 5.26 Å². The minimum Gasteiger partial charge on any atom is -0.269 e. The number of aryl methyl sites for hydroxylation is 1. The fourth-order valence-corrected chi connectivity index (χ4v) is 3.11. The van der Waals surface area contributed by atoms with E-state index in [0.29, 0.717) is 32.9 Å². The summed E-state index contributed by atoms with van der Waals surface area (Å²) in [5.41, 5.74) is 0.361. The molecule has 1 N–H and O–H groups in total. The monoisotopic (exact) mass is 375 g/mol. The molecule has 0 saturated carbocycles. The summed E-state index contributed by atoms with van der Waals surface area (Å²) >= 11 is 4.49. The number of aromatic amines is 1. The number of benzene rings is 1. The van der Waals surface area contributed by atoms with Gasteiger partial charge in [0.05, 0.1) is 5.56 Å². The van der Waals surface area contributed by atoms with Crippen LogP contribution in [-0.4, -0.2) is 16.0 Å². The van der Waals surface area contributed by atoms with E-state index in [9.17, 15) is 13.2 Å². The smallest absolute Gasteiger partial charge is 0.269 e. The number of hydrogen-bond donors (Lipinski definition) is 1. The maximum Gasteiger partial charge on any atom is 0.416 e. The molecule has 0 amide bonds. The number of H-pyrrole nitrogens is 1. The van der Waals surface area contributed by atoms with Crippen LogP contribution < -0.4 is 0 Å². The van der Waals surface area contributed by atoms with Gasteiger partial charge in [-0.1, -0.05) is 18.2 Å². The van der Waals surface area contributed by atoms with Gasteiger partial charge in [0.25, 0.3) is 0 Å². The van der Waals surface area contributed by atoms with Gasteiger partial charge in [-0.2, -0.15) is 23.5 Å². The Hall–Kier alpha value is -1.46. The molecule has 1 aromatic carbocycles. The highest BCUT2D eigenvalue weighted by Gasteiger charge is 2.30. The summed E-state index contributed by atoms with van der Waals surface area (Å²) in [5.74, 6) is 0.535. The number of nitrogens with one attached hydrogen (secondary N) is 1. The first kappa shape index (κ1) is 15.9. The van der Waals surface area contributed by atoms with E-state index in [4.69, 9.17) is 5.26 Å². The van der Waals surface area contributed by atoms with Gasteiger partial charge in [-0.25, -0.2) is 0 Å². The molecule has 8 heteroatoms. The third-order valence-corrected chi connectivity index (χ3v) is 4.24. The molecule has 1 aromatic heterocycles. The van der Waals surface area contributed by atoms with Gasteiger partial charge in [0.15, 0.2) is 0 Å². The summed E-state index contributed by atoms with van der Waals surface area (Å²) in [6.07, 6.45) is -3.87. The molecule has 0 saturated heterocycles. The van der Waals surface area contributed by atoms with Crippen LogP contribution in [0.15, 0.2) is 33.9 Å². The molecule has 110 valence electrons. The number of nitriles is 1. The number of thioether (sulfide) groups is 1. The highest BCUT2D eigenvalue weighted by atomic mass is 79.9. The summed E-state index contributed by atoms with van der Waals surface area (Å²) < 4.78 is 38.3. The van der Waals surface area contributed by atoms with Crippen LogP contribution >= 0.6 is 27.7 Å². The third-order valence-electron chi connectivity index (χ3n) is 2.68. The molecular weight excluding hydrogens is 367 g/mol. The topological polar surface area (TPSA) is 52.5 Å². The zero-order valence-electron chi connectivity index (χ0n) is 10.5. The molecule has 0 spiro atoms. The van der Waals surface area contributed by atoms with Crippen molar-refractivity contribution in [2.45, 2.75) is 17.6 Å². The van der Waals surface area contributed by atoms with E-state index < -0.39 is 11.7 Å². The third kappa shape index (κ3) is 4.02. The summed E-state index contributed by atoms with van der Waals surface area (Å²) in [6.45, 7) is 0. The van der Waals surface area contributed by atoms with E-state index in [1.54, 1.807) is 6.07 Å². The fraction of sp³-hybridized carbons (Fsp3) is 0.231. The van der Waals surface area contributed by atoms with E-state index in [1.807, 2.05) is 6.07 Å². The molecule has 21 heavy (non-hydrogen) atoms. The molecule has 0 aliphatic carbocycles. The Morgan fingerprint density at radius 1 is 1.38 bits per heavy atom.